The maximum atomic E-state index is 6.29. The monoisotopic (exact) mass is 369 g/mol. The molecule has 4 nitrogen and oxygen atoms in total. The molecule has 0 aliphatic heterocycles. The maximum absolute atomic E-state index is 6.29. The Balaban J connectivity index is 2.75. The third-order valence-corrected chi connectivity index (χ3v) is 4.10. The topological polar surface area (TPSA) is 61.0 Å². The minimum atomic E-state index is -0.181. The lowest BCUT2D eigenvalue weighted by Crippen LogP contribution is -2.17. The van der Waals surface area contributed by atoms with Crippen molar-refractivity contribution in [3.63, 3.8) is 0 Å². The van der Waals surface area contributed by atoms with E-state index < -0.39 is 0 Å². The van der Waals surface area contributed by atoms with Gasteiger partial charge in [-0.2, -0.15) is 0 Å². The van der Waals surface area contributed by atoms with Crippen molar-refractivity contribution in [2.75, 3.05) is 12.8 Å². The molecule has 21 heavy (non-hydrogen) atoms. The molecular formula is C15H17BrClN3O. The van der Waals surface area contributed by atoms with Crippen LogP contribution in [0.4, 0.5) is 5.82 Å². The van der Waals surface area contributed by atoms with E-state index in [0.717, 1.165) is 5.69 Å². The summed E-state index contributed by atoms with van der Waals surface area (Å²) in [6.07, 6.45) is 0. The number of benzene rings is 1. The van der Waals surface area contributed by atoms with Crippen LogP contribution in [-0.2, 0) is 5.41 Å². The van der Waals surface area contributed by atoms with Crippen molar-refractivity contribution >= 4 is 33.3 Å². The number of methoxy groups -OCH3 is 1. The molecule has 0 amide bonds. The van der Waals surface area contributed by atoms with Gasteiger partial charge >= 0.3 is 0 Å². The highest BCUT2D eigenvalue weighted by Crippen LogP contribution is 2.38. The molecule has 1 aromatic heterocycles. The van der Waals surface area contributed by atoms with Gasteiger partial charge in [0.05, 0.1) is 27.9 Å². The van der Waals surface area contributed by atoms with Gasteiger partial charge in [0.25, 0.3) is 0 Å². The summed E-state index contributed by atoms with van der Waals surface area (Å²) < 4.78 is 6.07. The molecular weight excluding hydrogens is 354 g/mol. The van der Waals surface area contributed by atoms with Gasteiger partial charge in [-0.05, 0) is 28.1 Å². The van der Waals surface area contributed by atoms with Gasteiger partial charge in [-0.15, -0.1) is 0 Å². The number of rotatable bonds is 2. The van der Waals surface area contributed by atoms with Gasteiger partial charge in [-0.1, -0.05) is 38.4 Å². The van der Waals surface area contributed by atoms with Crippen molar-refractivity contribution in [1.82, 2.24) is 9.97 Å². The minimum absolute atomic E-state index is 0.181. The Bertz CT molecular complexity index is 683. The van der Waals surface area contributed by atoms with Gasteiger partial charge in [0.1, 0.15) is 11.6 Å². The summed E-state index contributed by atoms with van der Waals surface area (Å²) in [5.74, 6) is 1.46. The average molecular weight is 371 g/mol. The number of nitrogen functional groups attached to an aromatic ring is 1. The van der Waals surface area contributed by atoms with Crippen molar-refractivity contribution in [1.29, 1.82) is 0 Å². The van der Waals surface area contributed by atoms with Crippen LogP contribution in [-0.4, -0.2) is 17.1 Å². The van der Waals surface area contributed by atoms with Crippen LogP contribution in [0.2, 0.25) is 5.02 Å². The molecule has 0 unspecified atom stereocenters. The predicted molar refractivity (Wildman–Crippen MR) is 89.8 cm³/mol. The third kappa shape index (κ3) is 3.14. The van der Waals surface area contributed by atoms with Gasteiger partial charge in [-0.3, -0.25) is 0 Å². The zero-order chi connectivity index (χ0) is 15.8. The van der Waals surface area contributed by atoms with Crippen LogP contribution in [0.15, 0.2) is 22.7 Å². The molecule has 0 radical (unpaired) electrons. The second-order valence-corrected chi connectivity index (χ2v) is 6.86. The van der Waals surface area contributed by atoms with E-state index in [1.807, 2.05) is 12.1 Å². The number of nitrogens with two attached hydrogens (primary N) is 1. The Labute approximate surface area is 137 Å². The number of ether oxygens (including phenoxy) is 1. The summed E-state index contributed by atoms with van der Waals surface area (Å²) in [5, 5.41) is 0.524. The highest BCUT2D eigenvalue weighted by Gasteiger charge is 2.24. The van der Waals surface area contributed by atoms with Crippen LogP contribution in [0.5, 0.6) is 5.75 Å². The van der Waals surface area contributed by atoms with E-state index in [0.29, 0.717) is 32.5 Å². The lowest BCUT2D eigenvalue weighted by molar-refractivity contribution is 0.416. The van der Waals surface area contributed by atoms with Crippen LogP contribution in [0.3, 0.4) is 0 Å². The van der Waals surface area contributed by atoms with Gasteiger partial charge in [0, 0.05) is 5.41 Å². The molecule has 2 rings (SSSR count). The summed E-state index contributed by atoms with van der Waals surface area (Å²) in [6, 6.07) is 5.41. The molecule has 6 heteroatoms. The molecule has 0 atom stereocenters. The molecule has 0 saturated heterocycles. The van der Waals surface area contributed by atoms with Crippen molar-refractivity contribution < 1.29 is 4.74 Å². The number of aromatic nitrogens is 2. The van der Waals surface area contributed by atoms with Crippen molar-refractivity contribution in [3.8, 4) is 17.1 Å². The van der Waals surface area contributed by atoms with E-state index >= 15 is 0 Å². The second-order valence-electron chi connectivity index (χ2n) is 5.66. The van der Waals surface area contributed by atoms with Crippen LogP contribution in [0.1, 0.15) is 26.5 Å². The van der Waals surface area contributed by atoms with Gasteiger partial charge < -0.3 is 10.5 Å². The van der Waals surface area contributed by atoms with E-state index in [2.05, 4.69) is 46.7 Å². The van der Waals surface area contributed by atoms with E-state index in [4.69, 9.17) is 22.1 Å². The molecule has 112 valence electrons. The standard InChI is InChI=1S/C15H17BrClN3O/c1-15(2,3)12-11(16)13(18)20-14(19-12)10-8(17)6-5-7-9(10)21-4/h5-7H,1-4H3,(H2,18,19,20). The van der Waals surface area contributed by atoms with E-state index in [1.54, 1.807) is 13.2 Å². The molecule has 0 fully saturated rings. The highest BCUT2D eigenvalue weighted by molar-refractivity contribution is 9.10. The fourth-order valence-corrected chi connectivity index (χ4v) is 2.99. The first-order chi connectivity index (χ1) is 9.75. The van der Waals surface area contributed by atoms with Crippen molar-refractivity contribution in [2.24, 2.45) is 0 Å². The quantitative estimate of drug-likeness (QED) is 0.848. The smallest absolute Gasteiger partial charge is 0.167 e. The fourth-order valence-electron chi connectivity index (χ4n) is 1.96. The van der Waals surface area contributed by atoms with Crippen LogP contribution in [0, 0.1) is 0 Å². The van der Waals surface area contributed by atoms with Crippen molar-refractivity contribution in [3.05, 3.63) is 33.4 Å². The minimum Gasteiger partial charge on any atom is -0.496 e. The lowest BCUT2D eigenvalue weighted by Gasteiger charge is -2.21. The lowest BCUT2D eigenvalue weighted by atomic mass is 9.91. The Morgan fingerprint density at radius 1 is 1.24 bits per heavy atom. The molecule has 0 saturated carbocycles. The summed E-state index contributed by atoms with van der Waals surface area (Å²) in [5.41, 5.74) is 7.30. The summed E-state index contributed by atoms with van der Waals surface area (Å²) in [7, 11) is 1.59. The molecule has 0 bridgehead atoms. The zero-order valence-corrected chi connectivity index (χ0v) is 14.7. The van der Waals surface area contributed by atoms with Crippen LogP contribution in [0.25, 0.3) is 11.4 Å². The molecule has 0 aliphatic rings. The van der Waals surface area contributed by atoms with Gasteiger partial charge in [0.15, 0.2) is 5.82 Å². The number of hydrogen-bond donors (Lipinski definition) is 1. The summed E-state index contributed by atoms with van der Waals surface area (Å²) in [4.78, 5) is 8.98. The maximum Gasteiger partial charge on any atom is 0.167 e. The highest BCUT2D eigenvalue weighted by atomic mass is 79.9. The summed E-state index contributed by atoms with van der Waals surface area (Å²) in [6.45, 7) is 6.19. The van der Waals surface area contributed by atoms with Gasteiger partial charge in [-0.25, -0.2) is 9.97 Å². The Kier molecular flexibility index (Phi) is 4.44. The molecule has 2 aromatic rings. The molecule has 0 aliphatic carbocycles. The largest absolute Gasteiger partial charge is 0.496 e. The Morgan fingerprint density at radius 2 is 1.90 bits per heavy atom. The molecule has 1 aromatic carbocycles. The number of nitrogens with zero attached hydrogens (tertiary/aromatic N) is 2. The first kappa shape index (κ1) is 16.0. The zero-order valence-electron chi connectivity index (χ0n) is 12.4. The fraction of sp³-hybridized carbons (Fsp3) is 0.333. The predicted octanol–water partition coefficient (Wildman–Crippen LogP) is 4.45. The second kappa shape index (κ2) is 5.81. The molecule has 2 N–H and O–H groups in total. The average Bonchev–Trinajstić information content (AvgIpc) is 2.40. The van der Waals surface area contributed by atoms with E-state index in [1.165, 1.54) is 0 Å². The molecule has 1 heterocycles. The first-order valence-corrected chi connectivity index (χ1v) is 7.59. The van der Waals surface area contributed by atoms with E-state index in [-0.39, 0.29) is 5.41 Å². The SMILES string of the molecule is COc1cccc(Cl)c1-c1nc(N)c(Br)c(C(C)(C)C)n1. The first-order valence-electron chi connectivity index (χ1n) is 6.42. The Morgan fingerprint density at radius 3 is 2.48 bits per heavy atom. The van der Waals surface area contributed by atoms with Crippen LogP contribution < -0.4 is 10.5 Å². The Hall–Kier alpha value is -1.33. The number of anilines is 1. The third-order valence-electron chi connectivity index (χ3n) is 3.01. The molecule has 0 spiro atoms. The normalized spacial score (nSPS) is 11.5. The van der Waals surface area contributed by atoms with Gasteiger partial charge in [0.2, 0.25) is 0 Å². The van der Waals surface area contributed by atoms with Crippen LogP contribution >= 0.6 is 27.5 Å². The van der Waals surface area contributed by atoms with Crippen molar-refractivity contribution in [2.45, 2.75) is 26.2 Å². The van der Waals surface area contributed by atoms with E-state index in [9.17, 15) is 0 Å². The number of hydrogen-bond acceptors (Lipinski definition) is 4. The number of halogens is 2. The summed E-state index contributed by atoms with van der Waals surface area (Å²) >= 11 is 9.75.